The normalized spacial score (nSPS) is 13.8. The molecule has 6 nitrogen and oxygen atoms in total. The van der Waals surface area contributed by atoms with E-state index in [0.29, 0.717) is 15.7 Å². The van der Waals surface area contributed by atoms with Crippen molar-refractivity contribution < 1.29 is 9.59 Å². The molecule has 1 aliphatic rings. The first-order valence-electron chi connectivity index (χ1n) is 7.96. The first kappa shape index (κ1) is 16.2. The summed E-state index contributed by atoms with van der Waals surface area (Å²) < 4.78 is 0. The van der Waals surface area contributed by atoms with Gasteiger partial charge in [0.25, 0.3) is 11.8 Å². The average molecular weight is 372 g/mol. The van der Waals surface area contributed by atoms with Crippen molar-refractivity contribution in [2.45, 2.75) is 32.6 Å². The molecular weight excluding hydrogens is 356 g/mol. The minimum atomic E-state index is -0.335. The van der Waals surface area contributed by atoms with Gasteiger partial charge in [0.1, 0.15) is 10.7 Å². The Morgan fingerprint density at radius 2 is 1.92 bits per heavy atom. The van der Waals surface area contributed by atoms with Crippen LogP contribution in [0, 0.1) is 13.8 Å². The summed E-state index contributed by atoms with van der Waals surface area (Å²) >= 11 is 2.66. The maximum Gasteiger partial charge on any atom is 0.280 e. The molecule has 3 heterocycles. The van der Waals surface area contributed by atoms with Gasteiger partial charge in [0.05, 0.1) is 15.4 Å². The van der Waals surface area contributed by atoms with Crippen molar-refractivity contribution in [1.29, 1.82) is 0 Å². The topological polar surface area (TPSA) is 84.0 Å². The first-order valence-corrected chi connectivity index (χ1v) is 9.66. The number of nitrogens with one attached hydrogen (secondary N) is 2. The summed E-state index contributed by atoms with van der Waals surface area (Å²) in [6.45, 7) is 3.85. The summed E-state index contributed by atoms with van der Waals surface area (Å²) in [7, 11) is 0. The van der Waals surface area contributed by atoms with E-state index in [1.807, 2.05) is 19.2 Å². The number of hydrazine groups is 1. The molecule has 0 spiro atoms. The Morgan fingerprint density at radius 3 is 2.60 bits per heavy atom. The summed E-state index contributed by atoms with van der Waals surface area (Å²) in [5, 5.41) is 2.75. The number of aryl methyl sites for hydroxylation is 2. The first-order chi connectivity index (χ1) is 12.0. The monoisotopic (exact) mass is 372 g/mol. The van der Waals surface area contributed by atoms with Crippen LogP contribution in [0.1, 0.15) is 55.2 Å². The molecule has 0 unspecified atom stereocenters. The Balaban J connectivity index is 1.58. The van der Waals surface area contributed by atoms with E-state index < -0.39 is 0 Å². The second kappa shape index (κ2) is 6.20. The van der Waals surface area contributed by atoms with Gasteiger partial charge in [0, 0.05) is 11.3 Å². The second-order valence-electron chi connectivity index (χ2n) is 6.06. The summed E-state index contributed by atoms with van der Waals surface area (Å²) in [6, 6.07) is 3.49. The summed E-state index contributed by atoms with van der Waals surface area (Å²) in [5.41, 5.74) is 6.69. The largest absolute Gasteiger partial charge is 0.280 e. The van der Waals surface area contributed by atoms with E-state index in [4.69, 9.17) is 0 Å². The summed E-state index contributed by atoms with van der Waals surface area (Å²) in [5.74, 6) is 0.684. The molecule has 0 radical (unpaired) electrons. The minimum Gasteiger partial charge on any atom is -0.266 e. The van der Waals surface area contributed by atoms with Crippen molar-refractivity contribution in [3.05, 3.63) is 44.3 Å². The molecule has 0 atom stereocenters. The number of hydrogen-bond donors (Lipinski definition) is 2. The van der Waals surface area contributed by atoms with E-state index in [-0.39, 0.29) is 11.8 Å². The van der Waals surface area contributed by atoms with Crippen molar-refractivity contribution in [3.63, 3.8) is 0 Å². The fourth-order valence-corrected chi connectivity index (χ4v) is 4.49. The number of amides is 2. The number of thiophene rings is 2. The molecule has 1 fully saturated rings. The summed E-state index contributed by atoms with van der Waals surface area (Å²) in [6.07, 6.45) is 2.27. The number of carbonyl (C=O) groups is 2. The van der Waals surface area contributed by atoms with Crippen molar-refractivity contribution in [2.75, 3.05) is 0 Å². The lowest BCUT2D eigenvalue weighted by Gasteiger charge is -2.05. The fraction of sp³-hybridized carbons (Fsp3) is 0.294. The smallest absolute Gasteiger partial charge is 0.266 e. The number of hydrogen-bond acceptors (Lipinski definition) is 6. The molecule has 0 aliphatic heterocycles. The van der Waals surface area contributed by atoms with Gasteiger partial charge in [-0.3, -0.25) is 20.4 Å². The Morgan fingerprint density at radius 1 is 1.16 bits per heavy atom. The SMILES string of the molecule is Cc1nc(C2CC2)nc2sc(C(=O)NNC(=O)c3cccs3)c(C)c12. The number of fused-ring (bicyclic) bond motifs is 1. The second-order valence-corrected chi connectivity index (χ2v) is 8.01. The Labute approximate surface area is 152 Å². The van der Waals surface area contributed by atoms with Crippen LogP contribution in [0.2, 0.25) is 0 Å². The van der Waals surface area contributed by atoms with Gasteiger partial charge < -0.3 is 0 Å². The molecule has 1 saturated carbocycles. The number of carbonyl (C=O) groups excluding carboxylic acids is 2. The van der Waals surface area contributed by atoms with Crippen LogP contribution in [-0.4, -0.2) is 21.8 Å². The molecule has 3 aromatic heterocycles. The zero-order valence-corrected chi connectivity index (χ0v) is 15.4. The Bertz CT molecular complexity index is 974. The zero-order chi connectivity index (χ0) is 17.6. The van der Waals surface area contributed by atoms with E-state index >= 15 is 0 Å². The maximum atomic E-state index is 12.5. The van der Waals surface area contributed by atoms with Crippen LogP contribution in [-0.2, 0) is 0 Å². The van der Waals surface area contributed by atoms with Gasteiger partial charge in [0.15, 0.2) is 0 Å². The van der Waals surface area contributed by atoms with Gasteiger partial charge in [0.2, 0.25) is 0 Å². The molecular formula is C17H16N4O2S2. The van der Waals surface area contributed by atoms with E-state index in [1.54, 1.807) is 12.1 Å². The molecule has 2 amide bonds. The highest BCUT2D eigenvalue weighted by atomic mass is 32.1. The highest BCUT2D eigenvalue weighted by molar-refractivity contribution is 7.20. The number of aromatic nitrogens is 2. The molecule has 2 N–H and O–H groups in total. The predicted octanol–water partition coefficient (Wildman–Crippen LogP) is 3.32. The van der Waals surface area contributed by atoms with Crippen LogP contribution >= 0.6 is 22.7 Å². The minimum absolute atomic E-state index is 0.325. The van der Waals surface area contributed by atoms with Gasteiger partial charge in [-0.2, -0.15) is 0 Å². The number of nitrogens with zero attached hydrogens (tertiary/aromatic N) is 2. The maximum absolute atomic E-state index is 12.5. The van der Waals surface area contributed by atoms with Gasteiger partial charge >= 0.3 is 0 Å². The van der Waals surface area contributed by atoms with E-state index in [9.17, 15) is 9.59 Å². The predicted molar refractivity (Wildman–Crippen MR) is 98.1 cm³/mol. The van der Waals surface area contributed by atoms with Crippen LogP contribution in [0.15, 0.2) is 17.5 Å². The Hall–Kier alpha value is -2.32. The van der Waals surface area contributed by atoms with Gasteiger partial charge in [-0.05, 0) is 43.7 Å². The molecule has 1 aliphatic carbocycles. The molecule has 0 bridgehead atoms. The van der Waals surface area contributed by atoms with Crippen molar-refractivity contribution in [3.8, 4) is 0 Å². The third-order valence-corrected chi connectivity index (χ3v) is 6.22. The molecule has 4 rings (SSSR count). The molecule has 128 valence electrons. The third-order valence-electron chi connectivity index (χ3n) is 4.17. The molecule has 25 heavy (non-hydrogen) atoms. The summed E-state index contributed by atoms with van der Waals surface area (Å²) in [4.78, 5) is 35.6. The van der Waals surface area contributed by atoms with E-state index in [0.717, 1.165) is 40.1 Å². The van der Waals surface area contributed by atoms with Gasteiger partial charge in [-0.1, -0.05) is 6.07 Å². The van der Waals surface area contributed by atoms with E-state index in [1.165, 1.54) is 22.7 Å². The number of rotatable bonds is 3. The standard InChI is InChI=1S/C17H16N4O2S2/c1-8-12-9(2)18-14(10-5-6-10)19-17(12)25-13(8)16(23)21-20-15(22)11-4-3-7-24-11/h3-4,7,10H,5-6H2,1-2H3,(H,20,22)(H,21,23). The molecule has 0 aromatic carbocycles. The van der Waals surface area contributed by atoms with Crippen LogP contribution in [0.4, 0.5) is 0 Å². The Kier molecular flexibility index (Phi) is 4.01. The lowest BCUT2D eigenvalue weighted by Crippen LogP contribution is -2.41. The van der Waals surface area contributed by atoms with Crippen LogP contribution in [0.3, 0.4) is 0 Å². The molecule has 3 aromatic rings. The van der Waals surface area contributed by atoms with E-state index in [2.05, 4.69) is 20.8 Å². The third kappa shape index (κ3) is 3.03. The van der Waals surface area contributed by atoms with Crippen LogP contribution < -0.4 is 10.9 Å². The quantitative estimate of drug-likeness (QED) is 0.691. The highest BCUT2D eigenvalue weighted by Crippen LogP contribution is 2.40. The average Bonchev–Trinajstić information content (AvgIpc) is 3.18. The van der Waals surface area contributed by atoms with Crippen molar-refractivity contribution >= 4 is 44.7 Å². The van der Waals surface area contributed by atoms with Crippen molar-refractivity contribution in [2.24, 2.45) is 0 Å². The highest BCUT2D eigenvalue weighted by Gasteiger charge is 2.28. The zero-order valence-electron chi connectivity index (χ0n) is 13.8. The van der Waals surface area contributed by atoms with Crippen molar-refractivity contribution in [1.82, 2.24) is 20.8 Å². The van der Waals surface area contributed by atoms with Crippen LogP contribution in [0.5, 0.6) is 0 Å². The lowest BCUT2D eigenvalue weighted by atomic mass is 10.1. The van der Waals surface area contributed by atoms with Crippen LogP contribution in [0.25, 0.3) is 10.2 Å². The van der Waals surface area contributed by atoms with Gasteiger partial charge in [-0.15, -0.1) is 22.7 Å². The van der Waals surface area contributed by atoms with Gasteiger partial charge in [-0.25, -0.2) is 9.97 Å². The molecule has 8 heteroatoms. The lowest BCUT2D eigenvalue weighted by molar-refractivity contribution is 0.0851. The molecule has 0 saturated heterocycles. The fourth-order valence-electron chi connectivity index (χ4n) is 2.74.